The summed E-state index contributed by atoms with van der Waals surface area (Å²) in [5.74, 6) is 0.0788. The molecule has 118 valence electrons. The minimum Gasteiger partial charge on any atom is -0.311 e. The van der Waals surface area contributed by atoms with Gasteiger partial charge in [0.15, 0.2) is 5.15 Å². The SMILES string of the molecule is CSCC(C)C(=O)N(C)c1cn(-c2cncc(F)c2)nc1Cl. The molecule has 0 fully saturated rings. The van der Waals surface area contributed by atoms with Crippen LogP contribution < -0.4 is 4.90 Å². The van der Waals surface area contributed by atoms with Crippen molar-refractivity contribution in [1.82, 2.24) is 14.8 Å². The molecule has 0 N–H and O–H groups in total. The number of nitrogens with zero attached hydrogens (tertiary/aromatic N) is 4. The molecule has 0 bridgehead atoms. The highest BCUT2D eigenvalue weighted by Gasteiger charge is 2.22. The molecule has 0 aromatic carbocycles. The summed E-state index contributed by atoms with van der Waals surface area (Å²) in [7, 11) is 1.65. The van der Waals surface area contributed by atoms with Gasteiger partial charge in [0.2, 0.25) is 5.91 Å². The highest BCUT2D eigenvalue weighted by Crippen LogP contribution is 2.26. The van der Waals surface area contributed by atoms with Gasteiger partial charge in [0.25, 0.3) is 0 Å². The van der Waals surface area contributed by atoms with Gasteiger partial charge in [-0.05, 0) is 6.26 Å². The molecule has 22 heavy (non-hydrogen) atoms. The predicted molar refractivity (Wildman–Crippen MR) is 87.3 cm³/mol. The number of amides is 1. The van der Waals surface area contributed by atoms with E-state index in [0.717, 1.165) is 11.9 Å². The molecule has 0 spiro atoms. The molecule has 1 unspecified atom stereocenters. The van der Waals surface area contributed by atoms with Crippen LogP contribution in [0.4, 0.5) is 10.1 Å². The lowest BCUT2D eigenvalue weighted by molar-refractivity contribution is -0.120. The van der Waals surface area contributed by atoms with Gasteiger partial charge < -0.3 is 4.90 Å². The molecular weight excluding hydrogens is 327 g/mol. The van der Waals surface area contributed by atoms with Crippen molar-refractivity contribution in [2.75, 3.05) is 24.0 Å². The summed E-state index contributed by atoms with van der Waals surface area (Å²) in [5, 5.41) is 4.28. The lowest BCUT2D eigenvalue weighted by Gasteiger charge is -2.19. The number of hydrogen-bond acceptors (Lipinski definition) is 4. The van der Waals surface area contributed by atoms with E-state index in [2.05, 4.69) is 10.1 Å². The van der Waals surface area contributed by atoms with Crippen LogP contribution in [0.25, 0.3) is 5.69 Å². The van der Waals surface area contributed by atoms with Gasteiger partial charge in [0.1, 0.15) is 11.5 Å². The number of pyridine rings is 1. The Kier molecular flexibility index (Phi) is 5.42. The molecule has 0 aliphatic rings. The topological polar surface area (TPSA) is 51.0 Å². The van der Waals surface area contributed by atoms with Gasteiger partial charge in [-0.1, -0.05) is 18.5 Å². The van der Waals surface area contributed by atoms with Crippen molar-refractivity contribution in [2.24, 2.45) is 5.92 Å². The zero-order valence-corrected chi connectivity index (χ0v) is 14.0. The van der Waals surface area contributed by atoms with Crippen molar-refractivity contribution in [1.29, 1.82) is 0 Å². The molecule has 2 rings (SSSR count). The lowest BCUT2D eigenvalue weighted by Crippen LogP contribution is -2.32. The monoisotopic (exact) mass is 342 g/mol. The number of halogens is 2. The van der Waals surface area contributed by atoms with Crippen molar-refractivity contribution in [2.45, 2.75) is 6.92 Å². The van der Waals surface area contributed by atoms with Gasteiger partial charge in [-0.25, -0.2) is 9.07 Å². The van der Waals surface area contributed by atoms with Crippen LogP contribution in [-0.2, 0) is 4.79 Å². The van der Waals surface area contributed by atoms with E-state index in [0.29, 0.717) is 11.4 Å². The summed E-state index contributed by atoms with van der Waals surface area (Å²) in [6, 6.07) is 1.29. The van der Waals surface area contributed by atoms with Crippen LogP contribution in [-0.4, -0.2) is 39.7 Å². The van der Waals surface area contributed by atoms with E-state index in [-0.39, 0.29) is 17.0 Å². The highest BCUT2D eigenvalue weighted by molar-refractivity contribution is 7.98. The maximum absolute atomic E-state index is 13.2. The van der Waals surface area contributed by atoms with E-state index in [9.17, 15) is 9.18 Å². The predicted octanol–water partition coefficient (Wildman–Crippen LogP) is 3.02. The van der Waals surface area contributed by atoms with Crippen LogP contribution in [0.1, 0.15) is 6.92 Å². The van der Waals surface area contributed by atoms with E-state index in [1.54, 1.807) is 25.0 Å². The molecule has 1 amide bonds. The summed E-state index contributed by atoms with van der Waals surface area (Å²) >= 11 is 7.72. The first kappa shape index (κ1) is 16.8. The minimum absolute atomic E-state index is 0.0480. The Balaban J connectivity index is 2.28. The third kappa shape index (κ3) is 3.59. The van der Waals surface area contributed by atoms with Crippen LogP contribution in [0.5, 0.6) is 0 Å². The van der Waals surface area contributed by atoms with E-state index in [4.69, 9.17) is 11.6 Å². The minimum atomic E-state index is -0.469. The second kappa shape index (κ2) is 7.11. The molecule has 0 aliphatic carbocycles. The third-order valence-corrected chi connectivity index (χ3v) is 4.24. The molecule has 5 nitrogen and oxygen atoms in total. The molecular formula is C14H16ClFN4OS. The largest absolute Gasteiger partial charge is 0.311 e. The Morgan fingerprint density at radius 3 is 2.91 bits per heavy atom. The van der Waals surface area contributed by atoms with Crippen molar-refractivity contribution in [3.63, 3.8) is 0 Å². The normalized spacial score (nSPS) is 12.2. The summed E-state index contributed by atoms with van der Waals surface area (Å²) in [4.78, 5) is 17.6. The van der Waals surface area contributed by atoms with E-state index >= 15 is 0 Å². The van der Waals surface area contributed by atoms with Gasteiger partial charge >= 0.3 is 0 Å². The van der Waals surface area contributed by atoms with Gasteiger partial charge in [-0.3, -0.25) is 9.78 Å². The number of carbonyl (C=O) groups is 1. The van der Waals surface area contributed by atoms with Gasteiger partial charge in [0, 0.05) is 24.8 Å². The Morgan fingerprint density at radius 2 is 2.27 bits per heavy atom. The zero-order valence-electron chi connectivity index (χ0n) is 12.5. The van der Waals surface area contributed by atoms with E-state index < -0.39 is 5.82 Å². The van der Waals surface area contributed by atoms with Crippen molar-refractivity contribution in [3.05, 3.63) is 35.6 Å². The summed E-state index contributed by atoms with van der Waals surface area (Å²) in [5.41, 5.74) is 0.912. The van der Waals surface area contributed by atoms with Gasteiger partial charge in [0.05, 0.1) is 24.3 Å². The van der Waals surface area contributed by atoms with E-state index in [1.807, 2.05) is 13.2 Å². The fourth-order valence-electron chi connectivity index (χ4n) is 2.00. The van der Waals surface area contributed by atoms with Crippen molar-refractivity contribution in [3.8, 4) is 5.69 Å². The smallest absolute Gasteiger partial charge is 0.230 e. The second-order valence-electron chi connectivity index (χ2n) is 4.86. The average Bonchev–Trinajstić information content (AvgIpc) is 2.88. The maximum Gasteiger partial charge on any atom is 0.230 e. The van der Waals surface area contributed by atoms with Crippen molar-refractivity contribution < 1.29 is 9.18 Å². The molecule has 2 heterocycles. The number of anilines is 1. The summed E-state index contributed by atoms with van der Waals surface area (Å²) in [6.45, 7) is 1.87. The Bertz CT molecular complexity index is 679. The van der Waals surface area contributed by atoms with Gasteiger partial charge in [-0.15, -0.1) is 0 Å². The molecule has 2 aromatic heterocycles. The first-order valence-electron chi connectivity index (χ1n) is 6.56. The molecule has 0 aliphatic heterocycles. The fraction of sp³-hybridized carbons (Fsp3) is 0.357. The Morgan fingerprint density at radius 1 is 1.55 bits per heavy atom. The fourth-order valence-corrected chi connectivity index (χ4v) is 2.90. The molecule has 0 saturated carbocycles. The van der Waals surface area contributed by atoms with Crippen LogP contribution in [0.15, 0.2) is 24.7 Å². The van der Waals surface area contributed by atoms with Gasteiger partial charge in [-0.2, -0.15) is 16.9 Å². The molecule has 8 heteroatoms. The quantitative estimate of drug-likeness (QED) is 0.838. The number of carbonyl (C=O) groups excluding carboxylic acids is 1. The highest BCUT2D eigenvalue weighted by atomic mass is 35.5. The molecule has 0 saturated heterocycles. The number of aromatic nitrogens is 3. The third-order valence-electron chi connectivity index (χ3n) is 3.14. The Labute approximate surface area is 137 Å². The van der Waals surface area contributed by atoms with E-state index in [1.165, 1.54) is 21.8 Å². The molecule has 0 radical (unpaired) electrons. The number of rotatable bonds is 5. The number of hydrogen-bond donors (Lipinski definition) is 0. The lowest BCUT2D eigenvalue weighted by atomic mass is 10.2. The summed E-state index contributed by atoms with van der Waals surface area (Å²) < 4.78 is 14.6. The first-order chi connectivity index (χ1) is 10.4. The van der Waals surface area contributed by atoms with Crippen LogP contribution >= 0.6 is 23.4 Å². The zero-order chi connectivity index (χ0) is 16.3. The second-order valence-corrected chi connectivity index (χ2v) is 6.13. The van der Waals surface area contributed by atoms with Crippen LogP contribution in [0.3, 0.4) is 0 Å². The van der Waals surface area contributed by atoms with Crippen LogP contribution in [0, 0.1) is 11.7 Å². The maximum atomic E-state index is 13.2. The molecule has 1 atom stereocenters. The van der Waals surface area contributed by atoms with Crippen LogP contribution in [0.2, 0.25) is 5.15 Å². The summed E-state index contributed by atoms with van der Waals surface area (Å²) in [6.07, 6.45) is 6.11. The number of thioether (sulfide) groups is 1. The Hall–Kier alpha value is -1.60. The molecule has 2 aromatic rings. The van der Waals surface area contributed by atoms with Crippen molar-refractivity contribution >= 4 is 35.0 Å². The standard InChI is InChI=1S/C14H16ClFN4OS/c1-9(8-22-3)14(21)19(2)12-7-20(18-13(12)15)11-4-10(16)5-17-6-11/h4-7,9H,8H2,1-3H3. The average molecular weight is 343 g/mol. The first-order valence-corrected chi connectivity index (χ1v) is 8.33.